The fourth-order valence-electron chi connectivity index (χ4n) is 3.55. The average Bonchev–Trinajstić information content (AvgIpc) is 3.20. The summed E-state index contributed by atoms with van der Waals surface area (Å²) in [5, 5.41) is 17.3. The van der Waals surface area contributed by atoms with Gasteiger partial charge in [-0.1, -0.05) is 30.3 Å². The second kappa shape index (κ2) is 8.73. The van der Waals surface area contributed by atoms with Gasteiger partial charge in [0.05, 0.1) is 5.92 Å². The molecule has 30 heavy (non-hydrogen) atoms. The van der Waals surface area contributed by atoms with Crippen molar-refractivity contribution >= 4 is 23.3 Å². The topological polar surface area (TPSA) is 105 Å². The molecule has 2 N–H and O–H groups in total. The molecule has 1 unspecified atom stereocenters. The fourth-order valence-corrected chi connectivity index (χ4v) is 3.55. The molecule has 1 aliphatic rings. The normalized spacial score (nSPS) is 16.2. The summed E-state index contributed by atoms with van der Waals surface area (Å²) >= 11 is 0. The predicted molar refractivity (Wildman–Crippen MR) is 113 cm³/mol. The Labute approximate surface area is 174 Å². The molecule has 0 radical (unpaired) electrons. The highest BCUT2D eigenvalue weighted by molar-refractivity contribution is 5.94. The number of carbonyl (C=O) groups is 2. The SMILES string of the molecule is Cn1nnnc1-c1cccc(NC(=O)N2CCCC(C(=O)Nc3ccccc3)C2)c1. The van der Waals surface area contributed by atoms with Crippen LogP contribution in [0.25, 0.3) is 11.4 Å². The molecule has 3 amide bonds. The van der Waals surface area contributed by atoms with Gasteiger partial charge in [0, 0.05) is 37.1 Å². The number of tetrazole rings is 1. The van der Waals surface area contributed by atoms with Crippen molar-refractivity contribution < 1.29 is 9.59 Å². The van der Waals surface area contributed by atoms with Crippen LogP contribution in [0.2, 0.25) is 0 Å². The van der Waals surface area contributed by atoms with Crippen molar-refractivity contribution in [3.63, 3.8) is 0 Å². The monoisotopic (exact) mass is 405 g/mol. The van der Waals surface area contributed by atoms with Crippen LogP contribution in [0.4, 0.5) is 16.2 Å². The van der Waals surface area contributed by atoms with Gasteiger partial charge in [-0.2, -0.15) is 0 Å². The highest BCUT2D eigenvalue weighted by Gasteiger charge is 2.28. The van der Waals surface area contributed by atoms with E-state index in [1.54, 1.807) is 16.6 Å². The van der Waals surface area contributed by atoms with Crippen molar-refractivity contribution in [3.8, 4) is 11.4 Å². The minimum absolute atomic E-state index is 0.0597. The number of nitrogens with one attached hydrogen (secondary N) is 2. The van der Waals surface area contributed by atoms with Crippen molar-refractivity contribution in [3.05, 3.63) is 54.6 Å². The highest BCUT2D eigenvalue weighted by atomic mass is 16.2. The van der Waals surface area contributed by atoms with Gasteiger partial charge < -0.3 is 15.5 Å². The van der Waals surface area contributed by atoms with Gasteiger partial charge in [0.2, 0.25) is 5.91 Å². The number of aromatic nitrogens is 4. The van der Waals surface area contributed by atoms with E-state index in [0.29, 0.717) is 24.6 Å². The van der Waals surface area contributed by atoms with Crippen LogP contribution < -0.4 is 10.6 Å². The zero-order valence-electron chi connectivity index (χ0n) is 16.7. The first-order valence-electron chi connectivity index (χ1n) is 9.85. The standard InChI is InChI=1S/C21H23N7O2/c1-27-19(24-25-26-27)15-7-5-11-18(13-15)23-21(30)28-12-6-8-16(14-28)20(29)22-17-9-3-2-4-10-17/h2-5,7,9-11,13,16H,6,8,12,14H2,1H3,(H,22,29)(H,23,30). The largest absolute Gasteiger partial charge is 0.326 e. The molecule has 2 aromatic carbocycles. The molecular formula is C21H23N7O2. The molecule has 1 aliphatic heterocycles. The van der Waals surface area contributed by atoms with Crippen LogP contribution in [0, 0.1) is 5.92 Å². The Hall–Kier alpha value is -3.75. The third kappa shape index (κ3) is 4.45. The Morgan fingerprint density at radius 2 is 1.83 bits per heavy atom. The van der Waals surface area contributed by atoms with Crippen LogP contribution in [-0.2, 0) is 11.8 Å². The summed E-state index contributed by atoms with van der Waals surface area (Å²) in [6, 6.07) is 16.5. The van der Waals surface area contributed by atoms with Crippen molar-refractivity contribution in [1.29, 1.82) is 0 Å². The summed E-state index contributed by atoms with van der Waals surface area (Å²) in [6.07, 6.45) is 1.54. The first kappa shape index (κ1) is 19.6. The molecular weight excluding hydrogens is 382 g/mol. The lowest BCUT2D eigenvalue weighted by Gasteiger charge is -2.32. The molecule has 0 bridgehead atoms. The molecule has 2 heterocycles. The molecule has 0 saturated carbocycles. The molecule has 1 fully saturated rings. The van der Waals surface area contributed by atoms with E-state index in [1.165, 1.54) is 0 Å². The molecule has 3 aromatic rings. The minimum atomic E-state index is -0.235. The quantitative estimate of drug-likeness (QED) is 0.694. The Morgan fingerprint density at radius 1 is 1.03 bits per heavy atom. The number of aryl methyl sites for hydroxylation is 1. The summed E-state index contributed by atoms with van der Waals surface area (Å²) in [5.41, 5.74) is 2.22. The second-order valence-electron chi connectivity index (χ2n) is 7.28. The molecule has 4 rings (SSSR count). The van der Waals surface area contributed by atoms with Gasteiger partial charge in [-0.05, 0) is 47.5 Å². The summed E-state index contributed by atoms with van der Waals surface area (Å²) in [7, 11) is 1.76. The number of benzene rings is 2. The summed E-state index contributed by atoms with van der Waals surface area (Å²) in [4.78, 5) is 27.1. The zero-order chi connectivity index (χ0) is 20.9. The molecule has 1 saturated heterocycles. The molecule has 1 atom stereocenters. The smallest absolute Gasteiger partial charge is 0.321 e. The van der Waals surface area contributed by atoms with Crippen molar-refractivity contribution in [2.24, 2.45) is 13.0 Å². The lowest BCUT2D eigenvalue weighted by molar-refractivity contribution is -0.121. The first-order valence-corrected chi connectivity index (χ1v) is 9.85. The molecule has 9 nitrogen and oxygen atoms in total. The molecule has 0 aliphatic carbocycles. The van der Waals surface area contributed by atoms with E-state index in [1.807, 2.05) is 54.6 Å². The van der Waals surface area contributed by atoms with Crippen LogP contribution in [0.5, 0.6) is 0 Å². The van der Waals surface area contributed by atoms with Crippen LogP contribution in [-0.4, -0.2) is 50.1 Å². The summed E-state index contributed by atoms with van der Waals surface area (Å²) in [5.74, 6) is 0.318. The maximum absolute atomic E-state index is 12.8. The number of piperidine rings is 1. The first-order chi connectivity index (χ1) is 14.6. The maximum atomic E-state index is 12.8. The highest BCUT2D eigenvalue weighted by Crippen LogP contribution is 2.22. The van der Waals surface area contributed by atoms with E-state index in [0.717, 1.165) is 24.1 Å². The number of para-hydroxylation sites is 1. The summed E-state index contributed by atoms with van der Waals surface area (Å²) < 4.78 is 1.57. The molecule has 0 spiro atoms. The van der Waals surface area contributed by atoms with Crippen LogP contribution in [0.15, 0.2) is 54.6 Å². The number of likely N-dealkylation sites (tertiary alicyclic amines) is 1. The number of rotatable bonds is 4. The Morgan fingerprint density at radius 3 is 2.60 bits per heavy atom. The zero-order valence-corrected chi connectivity index (χ0v) is 16.7. The molecule has 154 valence electrons. The number of anilines is 2. The third-order valence-corrected chi connectivity index (χ3v) is 5.11. The number of hydrogen-bond donors (Lipinski definition) is 2. The van der Waals surface area contributed by atoms with Gasteiger partial charge in [0.1, 0.15) is 0 Å². The molecule has 1 aromatic heterocycles. The Kier molecular flexibility index (Phi) is 5.69. The van der Waals surface area contributed by atoms with E-state index in [-0.39, 0.29) is 17.9 Å². The van der Waals surface area contributed by atoms with Gasteiger partial charge in [-0.15, -0.1) is 5.10 Å². The number of urea groups is 1. The maximum Gasteiger partial charge on any atom is 0.321 e. The van der Waals surface area contributed by atoms with E-state index < -0.39 is 0 Å². The van der Waals surface area contributed by atoms with Gasteiger partial charge in [0.15, 0.2) is 5.82 Å². The predicted octanol–water partition coefficient (Wildman–Crippen LogP) is 2.76. The van der Waals surface area contributed by atoms with Gasteiger partial charge in [-0.25, -0.2) is 9.48 Å². The second-order valence-corrected chi connectivity index (χ2v) is 7.28. The van der Waals surface area contributed by atoms with Crippen molar-refractivity contribution in [2.75, 3.05) is 23.7 Å². The number of nitrogens with zero attached hydrogens (tertiary/aromatic N) is 5. The van der Waals surface area contributed by atoms with Crippen LogP contribution in [0.3, 0.4) is 0 Å². The van der Waals surface area contributed by atoms with Crippen LogP contribution in [0.1, 0.15) is 12.8 Å². The van der Waals surface area contributed by atoms with E-state index in [9.17, 15) is 9.59 Å². The van der Waals surface area contributed by atoms with E-state index >= 15 is 0 Å². The number of hydrogen-bond acceptors (Lipinski definition) is 5. The fraction of sp³-hybridized carbons (Fsp3) is 0.286. The van der Waals surface area contributed by atoms with Crippen molar-refractivity contribution in [1.82, 2.24) is 25.1 Å². The summed E-state index contributed by atoms with van der Waals surface area (Å²) in [6.45, 7) is 1.01. The van der Waals surface area contributed by atoms with Crippen LogP contribution >= 0.6 is 0 Å². The number of carbonyl (C=O) groups excluding carboxylic acids is 2. The lowest BCUT2D eigenvalue weighted by Crippen LogP contribution is -2.45. The van der Waals surface area contributed by atoms with E-state index in [4.69, 9.17) is 0 Å². The van der Waals surface area contributed by atoms with Crippen molar-refractivity contribution in [2.45, 2.75) is 12.8 Å². The average molecular weight is 405 g/mol. The Balaban J connectivity index is 1.39. The van der Waals surface area contributed by atoms with E-state index in [2.05, 4.69) is 26.2 Å². The van der Waals surface area contributed by atoms with Gasteiger partial charge in [-0.3, -0.25) is 4.79 Å². The van der Waals surface area contributed by atoms with Gasteiger partial charge >= 0.3 is 6.03 Å². The molecule has 9 heteroatoms. The lowest BCUT2D eigenvalue weighted by atomic mass is 9.97. The Bertz CT molecular complexity index is 1030. The van der Waals surface area contributed by atoms with Gasteiger partial charge in [0.25, 0.3) is 0 Å². The minimum Gasteiger partial charge on any atom is -0.326 e. The number of amides is 3. The third-order valence-electron chi connectivity index (χ3n) is 5.11.